The normalized spacial score (nSPS) is 14.5. The standard InChI is InChI=1S/C23H21FN4O2/c1-14(29)27-12-15-5-8-18(11-16(15)13-27)25-23(30)22-20-3-2-4-21(20)28(26-22)19-9-6-17(24)7-10-19/h5-11H,2-4,12-13H2,1H3,(H,25,30). The van der Waals surface area contributed by atoms with E-state index in [1.165, 1.54) is 12.1 Å². The molecule has 2 aromatic carbocycles. The minimum Gasteiger partial charge on any atom is -0.334 e. The minimum absolute atomic E-state index is 0.0404. The van der Waals surface area contributed by atoms with Crippen LogP contribution >= 0.6 is 0 Å². The summed E-state index contributed by atoms with van der Waals surface area (Å²) in [6.45, 7) is 2.73. The Morgan fingerprint density at radius 2 is 1.80 bits per heavy atom. The molecule has 2 heterocycles. The number of fused-ring (bicyclic) bond motifs is 2. The molecular formula is C23H21FN4O2. The van der Waals surface area contributed by atoms with Gasteiger partial charge >= 0.3 is 0 Å². The van der Waals surface area contributed by atoms with Gasteiger partial charge in [0.25, 0.3) is 5.91 Å². The molecule has 0 bridgehead atoms. The van der Waals surface area contributed by atoms with Crippen molar-refractivity contribution >= 4 is 17.5 Å². The van der Waals surface area contributed by atoms with Gasteiger partial charge in [0.15, 0.2) is 5.69 Å². The molecule has 30 heavy (non-hydrogen) atoms. The van der Waals surface area contributed by atoms with E-state index in [-0.39, 0.29) is 17.6 Å². The first-order valence-electron chi connectivity index (χ1n) is 10.0. The van der Waals surface area contributed by atoms with Gasteiger partial charge in [0.1, 0.15) is 5.82 Å². The van der Waals surface area contributed by atoms with Crippen molar-refractivity contribution in [2.24, 2.45) is 0 Å². The second kappa shape index (κ2) is 7.09. The molecule has 1 aromatic heterocycles. The number of carbonyl (C=O) groups is 2. The van der Waals surface area contributed by atoms with Crippen molar-refractivity contribution in [1.82, 2.24) is 14.7 Å². The molecule has 1 aliphatic carbocycles. The summed E-state index contributed by atoms with van der Waals surface area (Å²) in [5, 5.41) is 7.52. The van der Waals surface area contributed by atoms with Crippen molar-refractivity contribution in [2.45, 2.75) is 39.3 Å². The molecule has 152 valence electrons. The topological polar surface area (TPSA) is 67.2 Å². The second-order valence-electron chi connectivity index (χ2n) is 7.83. The van der Waals surface area contributed by atoms with E-state index in [4.69, 9.17) is 0 Å². The molecule has 1 N–H and O–H groups in total. The van der Waals surface area contributed by atoms with E-state index in [9.17, 15) is 14.0 Å². The molecule has 0 saturated carbocycles. The molecule has 5 rings (SSSR count). The van der Waals surface area contributed by atoms with Crippen molar-refractivity contribution in [1.29, 1.82) is 0 Å². The molecule has 0 saturated heterocycles. The summed E-state index contributed by atoms with van der Waals surface area (Å²) in [7, 11) is 0. The first kappa shape index (κ1) is 18.5. The Hall–Kier alpha value is -3.48. The van der Waals surface area contributed by atoms with E-state index in [0.29, 0.717) is 24.5 Å². The van der Waals surface area contributed by atoms with Gasteiger partial charge in [0, 0.05) is 37.0 Å². The van der Waals surface area contributed by atoms with Crippen LogP contribution in [0.3, 0.4) is 0 Å². The third kappa shape index (κ3) is 3.16. The van der Waals surface area contributed by atoms with Crippen molar-refractivity contribution in [3.05, 3.63) is 76.4 Å². The van der Waals surface area contributed by atoms with E-state index in [1.54, 1.807) is 28.6 Å². The largest absolute Gasteiger partial charge is 0.334 e. The second-order valence-corrected chi connectivity index (χ2v) is 7.83. The first-order chi connectivity index (χ1) is 14.5. The van der Waals surface area contributed by atoms with Gasteiger partial charge in [-0.3, -0.25) is 9.59 Å². The van der Waals surface area contributed by atoms with E-state index in [2.05, 4.69) is 10.4 Å². The van der Waals surface area contributed by atoms with Gasteiger partial charge in [-0.1, -0.05) is 6.07 Å². The smallest absolute Gasteiger partial charge is 0.276 e. The number of nitrogens with one attached hydrogen (secondary N) is 1. The maximum Gasteiger partial charge on any atom is 0.276 e. The summed E-state index contributed by atoms with van der Waals surface area (Å²) in [4.78, 5) is 26.4. The van der Waals surface area contributed by atoms with Crippen LogP contribution in [0.2, 0.25) is 0 Å². The van der Waals surface area contributed by atoms with Crippen LogP contribution in [0.1, 0.15) is 46.2 Å². The van der Waals surface area contributed by atoms with Crippen LogP contribution < -0.4 is 5.32 Å². The molecule has 2 amide bonds. The summed E-state index contributed by atoms with van der Waals surface area (Å²) in [6, 6.07) is 11.9. The zero-order valence-electron chi connectivity index (χ0n) is 16.6. The van der Waals surface area contributed by atoms with Crippen molar-refractivity contribution in [2.75, 3.05) is 5.32 Å². The zero-order chi connectivity index (χ0) is 20.8. The molecule has 0 fully saturated rings. The average Bonchev–Trinajstić information content (AvgIpc) is 3.43. The molecule has 3 aromatic rings. The third-order valence-corrected chi connectivity index (χ3v) is 5.85. The van der Waals surface area contributed by atoms with Gasteiger partial charge in [-0.15, -0.1) is 0 Å². The number of benzene rings is 2. The first-order valence-corrected chi connectivity index (χ1v) is 10.0. The predicted octanol–water partition coefficient (Wildman–Crippen LogP) is 3.61. The lowest BCUT2D eigenvalue weighted by atomic mass is 10.1. The number of hydrogen-bond donors (Lipinski definition) is 1. The maximum absolute atomic E-state index is 13.3. The van der Waals surface area contributed by atoms with E-state index in [0.717, 1.165) is 47.3 Å². The number of halogens is 1. The van der Waals surface area contributed by atoms with E-state index < -0.39 is 0 Å². The van der Waals surface area contributed by atoms with Crippen LogP contribution in [0.5, 0.6) is 0 Å². The molecule has 2 aliphatic rings. The monoisotopic (exact) mass is 404 g/mol. The SMILES string of the molecule is CC(=O)N1Cc2ccc(NC(=O)c3nn(-c4ccc(F)cc4)c4c3CCC4)cc2C1. The maximum atomic E-state index is 13.3. The Morgan fingerprint density at radius 3 is 2.57 bits per heavy atom. The van der Waals surface area contributed by atoms with E-state index >= 15 is 0 Å². The van der Waals surface area contributed by atoms with Gasteiger partial charge in [-0.2, -0.15) is 5.10 Å². The van der Waals surface area contributed by atoms with Crippen LogP contribution in [0.25, 0.3) is 5.69 Å². The fourth-order valence-electron chi connectivity index (χ4n) is 4.30. The van der Waals surface area contributed by atoms with Gasteiger partial charge in [-0.05, 0) is 66.8 Å². The highest BCUT2D eigenvalue weighted by atomic mass is 19.1. The van der Waals surface area contributed by atoms with Crippen LogP contribution in [-0.4, -0.2) is 26.5 Å². The molecule has 1 aliphatic heterocycles. The van der Waals surface area contributed by atoms with Gasteiger partial charge < -0.3 is 10.2 Å². The lowest BCUT2D eigenvalue weighted by molar-refractivity contribution is -0.129. The molecule has 0 atom stereocenters. The molecular weight excluding hydrogens is 383 g/mol. The summed E-state index contributed by atoms with van der Waals surface area (Å²) in [5.74, 6) is -0.519. The molecule has 6 nitrogen and oxygen atoms in total. The molecule has 0 unspecified atom stereocenters. The van der Waals surface area contributed by atoms with Gasteiger partial charge in [-0.25, -0.2) is 9.07 Å². The summed E-state index contributed by atoms with van der Waals surface area (Å²) in [5.41, 5.74) is 5.97. The fourth-order valence-corrected chi connectivity index (χ4v) is 4.30. The average molecular weight is 404 g/mol. The lowest BCUT2D eigenvalue weighted by Crippen LogP contribution is -2.21. The highest BCUT2D eigenvalue weighted by molar-refractivity contribution is 6.04. The van der Waals surface area contributed by atoms with Crippen molar-refractivity contribution < 1.29 is 14.0 Å². The Morgan fingerprint density at radius 1 is 1.03 bits per heavy atom. The predicted molar refractivity (Wildman–Crippen MR) is 110 cm³/mol. The fraction of sp³-hybridized carbons (Fsp3) is 0.261. The van der Waals surface area contributed by atoms with Gasteiger partial charge in [0.05, 0.1) is 5.69 Å². The number of anilines is 1. The number of nitrogens with zero attached hydrogens (tertiary/aromatic N) is 3. The van der Waals surface area contributed by atoms with Crippen LogP contribution in [0.15, 0.2) is 42.5 Å². The Kier molecular flexibility index (Phi) is 4.38. The number of amides is 2. The minimum atomic E-state index is -0.305. The van der Waals surface area contributed by atoms with Gasteiger partial charge in [0.2, 0.25) is 5.91 Å². The van der Waals surface area contributed by atoms with Crippen LogP contribution in [-0.2, 0) is 30.7 Å². The van der Waals surface area contributed by atoms with Crippen LogP contribution in [0, 0.1) is 5.82 Å². The molecule has 0 radical (unpaired) electrons. The highest BCUT2D eigenvalue weighted by Gasteiger charge is 2.27. The Balaban J connectivity index is 1.42. The third-order valence-electron chi connectivity index (χ3n) is 5.85. The Labute approximate surface area is 173 Å². The lowest BCUT2D eigenvalue weighted by Gasteiger charge is -2.11. The van der Waals surface area contributed by atoms with Crippen molar-refractivity contribution in [3.8, 4) is 5.69 Å². The molecule has 7 heteroatoms. The summed E-state index contributed by atoms with van der Waals surface area (Å²) in [6.07, 6.45) is 2.61. The Bertz CT molecular complexity index is 1170. The summed E-state index contributed by atoms with van der Waals surface area (Å²) >= 11 is 0. The molecule has 0 spiro atoms. The van der Waals surface area contributed by atoms with Crippen LogP contribution in [0.4, 0.5) is 10.1 Å². The highest BCUT2D eigenvalue weighted by Crippen LogP contribution is 2.29. The number of aromatic nitrogens is 2. The van der Waals surface area contributed by atoms with Crippen molar-refractivity contribution in [3.63, 3.8) is 0 Å². The number of hydrogen-bond acceptors (Lipinski definition) is 3. The number of rotatable bonds is 3. The number of carbonyl (C=O) groups excluding carboxylic acids is 2. The summed E-state index contributed by atoms with van der Waals surface area (Å²) < 4.78 is 15.1. The zero-order valence-corrected chi connectivity index (χ0v) is 16.6. The van der Waals surface area contributed by atoms with E-state index in [1.807, 2.05) is 18.2 Å². The quantitative estimate of drug-likeness (QED) is 0.725.